The topological polar surface area (TPSA) is 68.5 Å². The first-order chi connectivity index (χ1) is 8.66. The van der Waals surface area contributed by atoms with Crippen LogP contribution in [0.3, 0.4) is 0 Å². The second kappa shape index (κ2) is 5.82. The van der Waals surface area contributed by atoms with Gasteiger partial charge in [0.05, 0.1) is 6.20 Å². The van der Waals surface area contributed by atoms with E-state index in [9.17, 15) is 4.79 Å². The Balaban J connectivity index is 1.92. The average molecular weight is 249 g/mol. The number of nitrogens with two attached hydrogens (primary N) is 1. The van der Waals surface area contributed by atoms with Crippen molar-refractivity contribution >= 4 is 5.91 Å². The smallest absolute Gasteiger partial charge is 0.263 e. The van der Waals surface area contributed by atoms with Crippen LogP contribution in [0.15, 0.2) is 24.5 Å². The van der Waals surface area contributed by atoms with Crippen LogP contribution in [0.4, 0.5) is 0 Å². The first-order valence-electron chi connectivity index (χ1n) is 6.28. The van der Waals surface area contributed by atoms with Crippen molar-refractivity contribution in [1.29, 1.82) is 0 Å². The molecule has 1 saturated heterocycles. The fourth-order valence-corrected chi connectivity index (χ4v) is 2.14. The first-order valence-corrected chi connectivity index (χ1v) is 6.28. The lowest BCUT2D eigenvalue weighted by molar-refractivity contribution is -0.139. The monoisotopic (exact) mass is 249 g/mol. The Labute approximate surface area is 107 Å². The Morgan fingerprint density at radius 2 is 2.50 bits per heavy atom. The van der Waals surface area contributed by atoms with Crippen molar-refractivity contribution in [3.63, 3.8) is 0 Å². The molecule has 1 aromatic heterocycles. The van der Waals surface area contributed by atoms with E-state index < -0.39 is 6.10 Å². The van der Waals surface area contributed by atoms with Crippen LogP contribution in [0.5, 0.6) is 5.75 Å². The molecule has 2 atom stereocenters. The van der Waals surface area contributed by atoms with E-state index in [0.29, 0.717) is 12.3 Å². The zero-order valence-electron chi connectivity index (χ0n) is 10.6. The highest BCUT2D eigenvalue weighted by molar-refractivity contribution is 5.81. The van der Waals surface area contributed by atoms with Gasteiger partial charge < -0.3 is 15.4 Å². The van der Waals surface area contributed by atoms with Crippen molar-refractivity contribution < 1.29 is 9.53 Å². The molecule has 0 spiro atoms. The minimum Gasteiger partial charge on any atom is -0.479 e. The van der Waals surface area contributed by atoms with Crippen molar-refractivity contribution in [2.45, 2.75) is 31.9 Å². The average Bonchev–Trinajstić information content (AvgIpc) is 2.39. The number of nitrogens with zero attached hydrogens (tertiary/aromatic N) is 2. The summed E-state index contributed by atoms with van der Waals surface area (Å²) in [6.07, 6.45) is 4.72. The maximum atomic E-state index is 12.2. The van der Waals surface area contributed by atoms with Gasteiger partial charge in [0.15, 0.2) is 6.10 Å². The highest BCUT2D eigenvalue weighted by Gasteiger charge is 2.26. The SMILES string of the molecule is C[C@H](Oc1cccnc1)C(=O)N1CCC[C@@H](N)C1. The minimum atomic E-state index is -0.500. The van der Waals surface area contributed by atoms with E-state index in [4.69, 9.17) is 10.5 Å². The summed E-state index contributed by atoms with van der Waals surface area (Å²) in [5, 5.41) is 0. The normalized spacial score (nSPS) is 21.4. The van der Waals surface area contributed by atoms with Gasteiger partial charge in [-0.3, -0.25) is 9.78 Å². The molecule has 1 amide bonds. The number of pyridine rings is 1. The van der Waals surface area contributed by atoms with E-state index in [2.05, 4.69) is 4.98 Å². The number of rotatable bonds is 3. The highest BCUT2D eigenvalue weighted by Crippen LogP contribution is 2.13. The fraction of sp³-hybridized carbons (Fsp3) is 0.538. The van der Waals surface area contributed by atoms with Crippen LogP contribution in [0.2, 0.25) is 0 Å². The van der Waals surface area contributed by atoms with E-state index in [1.807, 2.05) is 0 Å². The van der Waals surface area contributed by atoms with Crippen LogP contribution in [0.25, 0.3) is 0 Å². The number of likely N-dealkylation sites (tertiary alicyclic amines) is 1. The third kappa shape index (κ3) is 3.20. The number of ether oxygens (including phenoxy) is 1. The van der Waals surface area contributed by atoms with Crippen molar-refractivity contribution in [2.75, 3.05) is 13.1 Å². The van der Waals surface area contributed by atoms with Gasteiger partial charge in [-0.1, -0.05) is 0 Å². The molecule has 98 valence electrons. The summed E-state index contributed by atoms with van der Waals surface area (Å²) in [6.45, 7) is 3.16. The second-order valence-electron chi connectivity index (χ2n) is 4.64. The largest absolute Gasteiger partial charge is 0.479 e. The Bertz CT molecular complexity index is 396. The predicted octanol–water partition coefficient (Wildman–Crippen LogP) is 0.799. The molecule has 0 radical (unpaired) electrons. The van der Waals surface area contributed by atoms with Crippen molar-refractivity contribution in [3.8, 4) is 5.75 Å². The van der Waals surface area contributed by atoms with E-state index >= 15 is 0 Å². The molecular formula is C13H19N3O2. The van der Waals surface area contributed by atoms with Crippen LogP contribution in [0, 0.1) is 0 Å². The molecule has 1 aromatic rings. The van der Waals surface area contributed by atoms with Gasteiger partial charge in [0.2, 0.25) is 0 Å². The Hall–Kier alpha value is -1.62. The van der Waals surface area contributed by atoms with Crippen LogP contribution in [0.1, 0.15) is 19.8 Å². The van der Waals surface area contributed by atoms with Crippen LogP contribution < -0.4 is 10.5 Å². The Morgan fingerprint density at radius 1 is 1.67 bits per heavy atom. The van der Waals surface area contributed by atoms with Gasteiger partial charge in [0.25, 0.3) is 5.91 Å². The number of hydrogen-bond donors (Lipinski definition) is 1. The number of hydrogen-bond acceptors (Lipinski definition) is 4. The maximum absolute atomic E-state index is 12.2. The van der Waals surface area contributed by atoms with E-state index in [1.54, 1.807) is 36.4 Å². The minimum absolute atomic E-state index is 0.00555. The Kier molecular flexibility index (Phi) is 4.15. The molecule has 5 nitrogen and oxygen atoms in total. The maximum Gasteiger partial charge on any atom is 0.263 e. The molecule has 1 fully saturated rings. The number of carbonyl (C=O) groups excluding carboxylic acids is 1. The molecule has 2 heterocycles. The zero-order chi connectivity index (χ0) is 13.0. The van der Waals surface area contributed by atoms with Crippen LogP contribution in [-0.4, -0.2) is 41.0 Å². The fourth-order valence-electron chi connectivity index (χ4n) is 2.14. The molecule has 0 aromatic carbocycles. The number of amides is 1. The second-order valence-corrected chi connectivity index (χ2v) is 4.64. The first kappa shape index (κ1) is 12.8. The molecule has 2 N–H and O–H groups in total. The lowest BCUT2D eigenvalue weighted by atomic mass is 10.1. The summed E-state index contributed by atoms with van der Waals surface area (Å²) >= 11 is 0. The van der Waals surface area contributed by atoms with Crippen molar-refractivity contribution in [1.82, 2.24) is 9.88 Å². The highest BCUT2D eigenvalue weighted by atomic mass is 16.5. The lowest BCUT2D eigenvalue weighted by Crippen LogP contribution is -2.49. The summed E-state index contributed by atoms with van der Waals surface area (Å²) in [5.74, 6) is 0.605. The number of aromatic nitrogens is 1. The van der Waals surface area contributed by atoms with Crippen LogP contribution in [-0.2, 0) is 4.79 Å². The summed E-state index contributed by atoms with van der Waals surface area (Å²) in [4.78, 5) is 17.9. The van der Waals surface area contributed by atoms with E-state index in [0.717, 1.165) is 19.4 Å². The summed E-state index contributed by atoms with van der Waals surface area (Å²) in [5.41, 5.74) is 5.87. The van der Waals surface area contributed by atoms with Gasteiger partial charge in [-0.2, -0.15) is 0 Å². The molecule has 0 unspecified atom stereocenters. The Morgan fingerprint density at radius 3 is 3.17 bits per heavy atom. The van der Waals surface area contributed by atoms with Gasteiger partial charge in [-0.25, -0.2) is 0 Å². The quantitative estimate of drug-likeness (QED) is 0.860. The number of piperidine rings is 1. The predicted molar refractivity (Wildman–Crippen MR) is 68.1 cm³/mol. The molecule has 1 aliphatic heterocycles. The molecule has 1 aliphatic rings. The third-order valence-corrected chi connectivity index (χ3v) is 3.06. The molecule has 0 bridgehead atoms. The van der Waals surface area contributed by atoms with Crippen LogP contribution >= 0.6 is 0 Å². The molecule has 2 rings (SSSR count). The van der Waals surface area contributed by atoms with Crippen molar-refractivity contribution in [2.24, 2.45) is 5.73 Å². The molecular weight excluding hydrogens is 230 g/mol. The van der Waals surface area contributed by atoms with Crippen molar-refractivity contribution in [3.05, 3.63) is 24.5 Å². The van der Waals surface area contributed by atoms with Gasteiger partial charge in [-0.05, 0) is 31.9 Å². The van der Waals surface area contributed by atoms with Gasteiger partial charge in [0, 0.05) is 25.3 Å². The molecule has 0 aliphatic carbocycles. The summed E-state index contributed by atoms with van der Waals surface area (Å²) < 4.78 is 5.57. The van der Waals surface area contributed by atoms with E-state index in [1.165, 1.54) is 0 Å². The van der Waals surface area contributed by atoms with Gasteiger partial charge in [0.1, 0.15) is 5.75 Å². The van der Waals surface area contributed by atoms with E-state index in [-0.39, 0.29) is 11.9 Å². The van der Waals surface area contributed by atoms with Gasteiger partial charge >= 0.3 is 0 Å². The standard InChI is InChI=1S/C13H19N3O2/c1-10(18-12-5-2-6-15-8-12)13(17)16-7-3-4-11(14)9-16/h2,5-6,8,10-11H,3-4,7,9,14H2,1H3/t10-,11+/m0/s1. The lowest BCUT2D eigenvalue weighted by Gasteiger charge is -2.32. The van der Waals surface area contributed by atoms with Gasteiger partial charge in [-0.15, -0.1) is 0 Å². The summed E-state index contributed by atoms with van der Waals surface area (Å²) in [7, 11) is 0. The summed E-state index contributed by atoms with van der Waals surface area (Å²) in [6, 6.07) is 3.66. The molecule has 5 heteroatoms. The molecule has 18 heavy (non-hydrogen) atoms. The zero-order valence-corrected chi connectivity index (χ0v) is 10.6. The number of carbonyl (C=O) groups is 1. The third-order valence-electron chi connectivity index (χ3n) is 3.06. The molecule has 0 saturated carbocycles.